The minimum Gasteiger partial charge on any atom is -0.390 e. The Balaban J connectivity index is 1.88. The van der Waals surface area contributed by atoms with E-state index >= 15 is 0 Å². The van der Waals surface area contributed by atoms with Crippen LogP contribution in [0, 0.1) is 0 Å². The second-order valence-electron chi connectivity index (χ2n) is 6.50. The van der Waals surface area contributed by atoms with Gasteiger partial charge < -0.3 is 19.6 Å². The van der Waals surface area contributed by atoms with Gasteiger partial charge in [-0.15, -0.1) is 0 Å². The van der Waals surface area contributed by atoms with Crippen molar-refractivity contribution in [1.82, 2.24) is 9.55 Å². The molecule has 1 aromatic heterocycles. The van der Waals surface area contributed by atoms with Crippen molar-refractivity contribution in [1.29, 1.82) is 0 Å². The zero-order valence-corrected chi connectivity index (χ0v) is 15.8. The molecule has 30 heavy (non-hydrogen) atoms. The van der Waals surface area contributed by atoms with Gasteiger partial charge in [0.1, 0.15) is 12.3 Å². The highest BCUT2D eigenvalue weighted by atomic mass is 31.2. The Morgan fingerprint density at radius 3 is 2.43 bits per heavy atom. The van der Waals surface area contributed by atoms with Gasteiger partial charge in [0.25, 0.3) is 5.56 Å². The Hall–Kier alpha value is -2.28. The summed E-state index contributed by atoms with van der Waals surface area (Å²) in [6.07, 6.45) is -7.13. The Labute approximate surface area is 165 Å². The van der Waals surface area contributed by atoms with Crippen LogP contribution in [0.2, 0.25) is 0 Å². The number of hydrogen-bond donors (Lipinski definition) is 4. The van der Waals surface area contributed by atoms with Crippen LogP contribution in [0.5, 0.6) is 0 Å². The summed E-state index contributed by atoms with van der Waals surface area (Å²) in [5.41, 5.74) is -2.65. The van der Waals surface area contributed by atoms with Gasteiger partial charge in [0.15, 0.2) is 0 Å². The Morgan fingerprint density at radius 2 is 1.87 bits per heavy atom. The molecule has 0 amide bonds. The van der Waals surface area contributed by atoms with Crippen molar-refractivity contribution in [2.45, 2.75) is 31.0 Å². The van der Waals surface area contributed by atoms with Crippen LogP contribution in [0.15, 0.2) is 40.1 Å². The molecule has 3 rings (SSSR count). The zero-order valence-electron chi connectivity index (χ0n) is 14.9. The van der Waals surface area contributed by atoms with Crippen LogP contribution >= 0.6 is 7.82 Å². The van der Waals surface area contributed by atoms with Crippen molar-refractivity contribution in [2.24, 2.45) is 0 Å². The van der Waals surface area contributed by atoms with Crippen molar-refractivity contribution < 1.29 is 41.9 Å². The van der Waals surface area contributed by atoms with Crippen LogP contribution in [0.4, 0.5) is 13.2 Å². The first-order valence-corrected chi connectivity index (χ1v) is 9.95. The number of aliphatic hydroxyl groups excluding tert-OH is 1. The highest BCUT2D eigenvalue weighted by Crippen LogP contribution is 2.38. The number of halogens is 3. The number of H-pyrrole nitrogens is 1. The number of rotatable bonds is 5. The Kier molecular flexibility index (Phi) is 6.05. The fourth-order valence-electron chi connectivity index (χ4n) is 2.95. The van der Waals surface area contributed by atoms with Crippen molar-refractivity contribution in [2.75, 3.05) is 6.61 Å². The van der Waals surface area contributed by atoms with Crippen LogP contribution in [-0.2, 0) is 20.0 Å². The summed E-state index contributed by atoms with van der Waals surface area (Å²) in [7, 11) is -4.80. The molecule has 0 unspecified atom stereocenters. The van der Waals surface area contributed by atoms with E-state index in [0.29, 0.717) is 0 Å². The summed E-state index contributed by atoms with van der Waals surface area (Å²) < 4.78 is 59.6. The number of ether oxygens (including phenoxy) is 1. The Bertz CT molecular complexity index is 1080. The smallest absolute Gasteiger partial charge is 0.390 e. The number of hydrogen-bond acceptors (Lipinski definition) is 6. The first-order chi connectivity index (χ1) is 13.8. The maximum absolute atomic E-state index is 12.7. The van der Waals surface area contributed by atoms with E-state index in [1.165, 1.54) is 0 Å². The molecule has 0 bridgehead atoms. The topological polar surface area (TPSA) is 151 Å². The van der Waals surface area contributed by atoms with Gasteiger partial charge in [-0.05, 0) is 17.7 Å². The Morgan fingerprint density at radius 1 is 1.23 bits per heavy atom. The lowest BCUT2D eigenvalue weighted by atomic mass is 10.1. The summed E-state index contributed by atoms with van der Waals surface area (Å²) in [6, 6.07) is 3.72. The monoisotopic (exact) mass is 452 g/mol. The van der Waals surface area contributed by atoms with E-state index in [4.69, 9.17) is 14.5 Å². The predicted octanol–water partition coefficient (Wildman–Crippen LogP) is 0.980. The second-order valence-corrected chi connectivity index (χ2v) is 7.74. The molecule has 3 atom stereocenters. The quantitative estimate of drug-likeness (QED) is 0.490. The van der Waals surface area contributed by atoms with Gasteiger partial charge >= 0.3 is 19.7 Å². The molecule has 2 heterocycles. The summed E-state index contributed by atoms with van der Waals surface area (Å²) in [4.78, 5) is 43.8. The fourth-order valence-corrected chi connectivity index (χ4v) is 3.29. The first kappa shape index (κ1) is 22.4. The lowest BCUT2D eigenvalue weighted by Gasteiger charge is -2.17. The molecule has 0 radical (unpaired) electrons. The van der Waals surface area contributed by atoms with Gasteiger partial charge in [0, 0.05) is 12.6 Å². The normalized spacial score (nSPS) is 22.4. The number of benzene rings is 1. The molecule has 2 aromatic rings. The average molecular weight is 452 g/mol. The number of alkyl halides is 3. The number of aliphatic hydroxyl groups is 1. The van der Waals surface area contributed by atoms with E-state index < -0.39 is 55.9 Å². The van der Waals surface area contributed by atoms with Gasteiger partial charge in [-0.1, -0.05) is 12.1 Å². The highest BCUT2D eigenvalue weighted by Gasteiger charge is 2.37. The summed E-state index contributed by atoms with van der Waals surface area (Å²) in [5.74, 6) is 0. The minimum absolute atomic E-state index is 0.109. The molecule has 1 fully saturated rings. The lowest BCUT2D eigenvalue weighted by Crippen LogP contribution is -2.33. The average Bonchev–Trinajstić information content (AvgIpc) is 2.99. The molecule has 4 N–H and O–H groups in total. The van der Waals surface area contributed by atoms with Crippen molar-refractivity contribution >= 4 is 7.82 Å². The van der Waals surface area contributed by atoms with Crippen molar-refractivity contribution in [3.8, 4) is 11.1 Å². The van der Waals surface area contributed by atoms with Crippen LogP contribution in [0.3, 0.4) is 0 Å². The van der Waals surface area contributed by atoms with E-state index in [1.807, 2.05) is 4.98 Å². The van der Waals surface area contributed by atoms with Gasteiger partial charge in [0.2, 0.25) is 0 Å². The zero-order chi connectivity index (χ0) is 22.3. The summed E-state index contributed by atoms with van der Waals surface area (Å²) in [6.45, 7) is -0.647. The van der Waals surface area contributed by atoms with Crippen LogP contribution in [0.25, 0.3) is 11.1 Å². The van der Waals surface area contributed by atoms with Gasteiger partial charge in [-0.3, -0.25) is 18.9 Å². The molecule has 10 nitrogen and oxygen atoms in total. The van der Waals surface area contributed by atoms with Crippen LogP contribution in [0.1, 0.15) is 18.2 Å². The van der Waals surface area contributed by atoms with Gasteiger partial charge in [-0.2, -0.15) is 13.2 Å². The fraction of sp³-hybridized carbons (Fsp3) is 0.375. The number of phosphoric ester groups is 1. The van der Waals surface area contributed by atoms with E-state index in [9.17, 15) is 32.4 Å². The largest absolute Gasteiger partial charge is 0.469 e. The molecule has 0 saturated carbocycles. The standard InChI is InChI=1S/C16H16F3N2O8P/c17-16(18,19)9-3-1-8(2-4-9)10-6-21(15(24)20-14(10)23)13-5-11(22)12(29-13)7-28-30(25,26)27/h1-4,6,11-13,22H,5,7H2,(H,20,23,24)(H2,25,26,27)/t11-,12+,13+/m0/s1. The molecule has 1 aromatic carbocycles. The number of phosphoric acid groups is 1. The van der Waals surface area contributed by atoms with Gasteiger partial charge in [-0.25, -0.2) is 9.36 Å². The first-order valence-electron chi connectivity index (χ1n) is 8.42. The number of aromatic nitrogens is 2. The second kappa shape index (κ2) is 8.10. The lowest BCUT2D eigenvalue weighted by molar-refractivity contribution is -0.137. The molecule has 0 aliphatic carbocycles. The molecular formula is C16H16F3N2O8P. The highest BCUT2D eigenvalue weighted by molar-refractivity contribution is 7.46. The van der Waals surface area contributed by atoms with E-state index in [-0.39, 0.29) is 17.5 Å². The summed E-state index contributed by atoms with van der Waals surface area (Å²) in [5, 5.41) is 10.0. The van der Waals surface area contributed by atoms with Crippen molar-refractivity contribution in [3.05, 3.63) is 56.9 Å². The third-order valence-corrected chi connectivity index (χ3v) is 4.90. The molecule has 1 saturated heterocycles. The third-order valence-electron chi connectivity index (χ3n) is 4.41. The molecule has 14 heteroatoms. The maximum atomic E-state index is 12.7. The molecule has 1 aliphatic heterocycles. The van der Waals surface area contributed by atoms with E-state index in [2.05, 4.69) is 4.52 Å². The molecular weight excluding hydrogens is 436 g/mol. The van der Waals surface area contributed by atoms with E-state index in [1.54, 1.807) is 0 Å². The molecule has 1 aliphatic rings. The third kappa shape index (κ3) is 5.06. The van der Waals surface area contributed by atoms with E-state index in [0.717, 1.165) is 35.0 Å². The maximum Gasteiger partial charge on any atom is 0.469 e. The number of nitrogens with zero attached hydrogens (tertiary/aromatic N) is 1. The molecule has 164 valence electrons. The van der Waals surface area contributed by atoms with Gasteiger partial charge in [0.05, 0.1) is 23.8 Å². The SMILES string of the molecule is O=c1[nH]c(=O)n([C@H]2C[C@H](O)[C@@H](COP(=O)(O)O)O2)cc1-c1ccc(C(F)(F)F)cc1. The number of nitrogens with one attached hydrogen (secondary N) is 1. The van der Waals surface area contributed by atoms with Crippen LogP contribution < -0.4 is 11.2 Å². The molecule has 0 spiro atoms. The van der Waals surface area contributed by atoms with Crippen LogP contribution in [-0.4, -0.2) is 43.3 Å². The number of aromatic amines is 1. The predicted molar refractivity (Wildman–Crippen MR) is 94.3 cm³/mol. The minimum atomic E-state index is -4.80. The van der Waals surface area contributed by atoms with Crippen molar-refractivity contribution in [3.63, 3.8) is 0 Å². The summed E-state index contributed by atoms with van der Waals surface area (Å²) >= 11 is 0.